The van der Waals surface area contributed by atoms with Crippen molar-refractivity contribution in [1.82, 2.24) is 5.32 Å². The zero-order valence-electron chi connectivity index (χ0n) is 22.5. The number of halogens is 1. The molecule has 41 heavy (non-hydrogen) atoms. The highest BCUT2D eigenvalue weighted by molar-refractivity contribution is 9.10. The van der Waals surface area contributed by atoms with E-state index in [1.54, 1.807) is 36.4 Å². The minimum absolute atomic E-state index is 0.191. The minimum Gasteiger partial charge on any atom is -0.489 e. The van der Waals surface area contributed by atoms with Crippen LogP contribution in [0.3, 0.4) is 0 Å². The van der Waals surface area contributed by atoms with Crippen molar-refractivity contribution in [2.24, 2.45) is 0 Å². The monoisotopic (exact) mass is 610 g/mol. The molecule has 4 aromatic rings. The third kappa shape index (κ3) is 6.73. The summed E-state index contributed by atoms with van der Waals surface area (Å²) in [6.07, 6.45) is 1.44. The molecule has 1 aliphatic rings. The number of urea groups is 1. The SMILES string of the molecule is Cc1cc(C)cc(COc2ccc(Br)cc2/C=C2\C(=O)NC(=O)N(c3ccc(OCc4ccccc4)cc3)C2=O)c1. The van der Waals surface area contributed by atoms with E-state index in [0.717, 1.165) is 31.6 Å². The van der Waals surface area contributed by atoms with E-state index in [9.17, 15) is 14.4 Å². The van der Waals surface area contributed by atoms with Crippen LogP contribution in [0.2, 0.25) is 0 Å². The van der Waals surface area contributed by atoms with E-state index in [1.807, 2.05) is 62.4 Å². The summed E-state index contributed by atoms with van der Waals surface area (Å²) in [5, 5.41) is 2.27. The van der Waals surface area contributed by atoms with Crippen molar-refractivity contribution < 1.29 is 23.9 Å². The average molecular weight is 611 g/mol. The van der Waals surface area contributed by atoms with E-state index >= 15 is 0 Å². The van der Waals surface area contributed by atoms with E-state index in [-0.39, 0.29) is 5.57 Å². The number of hydrogen-bond acceptors (Lipinski definition) is 5. The van der Waals surface area contributed by atoms with Crippen LogP contribution in [0.15, 0.2) is 101 Å². The molecule has 0 aromatic heterocycles. The number of hydrogen-bond donors (Lipinski definition) is 1. The topological polar surface area (TPSA) is 84.9 Å². The van der Waals surface area contributed by atoms with Crippen molar-refractivity contribution in [1.29, 1.82) is 0 Å². The predicted molar refractivity (Wildman–Crippen MR) is 161 cm³/mol. The summed E-state index contributed by atoms with van der Waals surface area (Å²) < 4.78 is 12.6. The van der Waals surface area contributed by atoms with Gasteiger partial charge in [0, 0.05) is 10.0 Å². The summed E-state index contributed by atoms with van der Waals surface area (Å²) in [5.74, 6) is -0.450. The van der Waals surface area contributed by atoms with Gasteiger partial charge in [0.2, 0.25) is 0 Å². The Morgan fingerprint density at radius 3 is 2.17 bits per heavy atom. The molecule has 0 unspecified atom stereocenters. The van der Waals surface area contributed by atoms with Crippen LogP contribution in [-0.4, -0.2) is 17.8 Å². The van der Waals surface area contributed by atoms with Crippen molar-refractivity contribution in [2.45, 2.75) is 27.1 Å². The van der Waals surface area contributed by atoms with Crippen LogP contribution in [0.4, 0.5) is 10.5 Å². The quantitative estimate of drug-likeness (QED) is 0.173. The second-order valence-electron chi connectivity index (χ2n) is 9.69. The lowest BCUT2D eigenvalue weighted by atomic mass is 10.1. The van der Waals surface area contributed by atoms with E-state index < -0.39 is 17.8 Å². The van der Waals surface area contributed by atoms with Gasteiger partial charge in [-0.3, -0.25) is 14.9 Å². The summed E-state index contributed by atoms with van der Waals surface area (Å²) in [5.41, 5.74) is 4.91. The van der Waals surface area contributed by atoms with E-state index in [2.05, 4.69) is 27.3 Å². The van der Waals surface area contributed by atoms with Crippen LogP contribution in [0.5, 0.6) is 11.5 Å². The second-order valence-corrected chi connectivity index (χ2v) is 10.6. The maximum Gasteiger partial charge on any atom is 0.335 e. The normalized spacial score (nSPS) is 14.3. The Balaban J connectivity index is 1.37. The van der Waals surface area contributed by atoms with Gasteiger partial charge in [0.1, 0.15) is 30.3 Å². The Morgan fingerprint density at radius 1 is 0.780 bits per heavy atom. The number of anilines is 1. The number of nitrogens with zero attached hydrogens (tertiary/aromatic N) is 1. The van der Waals surface area contributed by atoms with Gasteiger partial charge >= 0.3 is 6.03 Å². The summed E-state index contributed by atoms with van der Waals surface area (Å²) in [4.78, 5) is 40.0. The first-order chi connectivity index (χ1) is 19.8. The fourth-order valence-corrected chi connectivity index (χ4v) is 4.94. The standard InChI is InChI=1S/C33H27BrN2O5/c1-21-14-22(2)16-24(15-21)20-41-30-13-8-26(34)17-25(30)18-29-31(37)35-33(39)36(32(29)38)27-9-11-28(12-10-27)40-19-23-6-4-3-5-7-23/h3-18H,19-20H2,1-2H3,(H,35,37,39)/b29-18+. The van der Waals surface area contributed by atoms with Gasteiger partial charge in [0.25, 0.3) is 11.8 Å². The van der Waals surface area contributed by atoms with Crippen LogP contribution in [0, 0.1) is 13.8 Å². The van der Waals surface area contributed by atoms with Crippen molar-refractivity contribution in [3.05, 3.63) is 129 Å². The van der Waals surface area contributed by atoms with E-state index in [0.29, 0.717) is 36.0 Å². The number of imide groups is 2. The molecule has 0 saturated carbocycles. The van der Waals surface area contributed by atoms with Gasteiger partial charge in [-0.05, 0) is 73.5 Å². The summed E-state index contributed by atoms with van der Waals surface area (Å²) >= 11 is 3.45. The average Bonchev–Trinajstić information content (AvgIpc) is 2.94. The number of amides is 4. The first-order valence-electron chi connectivity index (χ1n) is 12.9. The highest BCUT2D eigenvalue weighted by Crippen LogP contribution is 2.29. The number of nitrogens with one attached hydrogen (secondary N) is 1. The van der Waals surface area contributed by atoms with Crippen LogP contribution in [0.1, 0.15) is 27.8 Å². The Hall–Kier alpha value is -4.69. The molecule has 0 spiro atoms. The lowest BCUT2D eigenvalue weighted by molar-refractivity contribution is -0.122. The van der Waals surface area contributed by atoms with Crippen molar-refractivity contribution >= 4 is 45.5 Å². The molecule has 0 bridgehead atoms. The molecule has 0 radical (unpaired) electrons. The van der Waals surface area contributed by atoms with E-state index in [1.165, 1.54) is 6.08 Å². The summed E-state index contributed by atoms with van der Waals surface area (Å²) in [6, 6.07) is 27.0. The molecule has 1 heterocycles. The zero-order valence-corrected chi connectivity index (χ0v) is 24.1. The molecule has 4 amide bonds. The molecule has 5 rings (SSSR count). The number of ether oxygens (including phenoxy) is 2. The van der Waals surface area contributed by atoms with Gasteiger partial charge < -0.3 is 9.47 Å². The maximum absolute atomic E-state index is 13.5. The van der Waals surface area contributed by atoms with Gasteiger partial charge in [-0.15, -0.1) is 0 Å². The van der Waals surface area contributed by atoms with Crippen LogP contribution in [-0.2, 0) is 22.8 Å². The Labute approximate surface area is 246 Å². The predicted octanol–water partition coefficient (Wildman–Crippen LogP) is 6.89. The first kappa shape index (κ1) is 27.9. The molecular formula is C33H27BrN2O5. The Bertz CT molecular complexity index is 1630. The molecule has 1 aliphatic heterocycles. The number of benzene rings is 4. The Kier molecular flexibility index (Phi) is 8.31. The lowest BCUT2D eigenvalue weighted by Crippen LogP contribution is -2.54. The van der Waals surface area contributed by atoms with Crippen LogP contribution < -0.4 is 19.7 Å². The number of barbiturate groups is 1. The molecule has 4 aromatic carbocycles. The van der Waals surface area contributed by atoms with Gasteiger partial charge in [-0.1, -0.05) is 75.6 Å². The molecular weight excluding hydrogens is 584 g/mol. The smallest absolute Gasteiger partial charge is 0.335 e. The summed E-state index contributed by atoms with van der Waals surface area (Å²) in [7, 11) is 0. The number of rotatable bonds is 8. The van der Waals surface area contributed by atoms with Crippen molar-refractivity contribution in [3.63, 3.8) is 0 Å². The number of carbonyl (C=O) groups excluding carboxylic acids is 3. The fourth-order valence-electron chi connectivity index (χ4n) is 4.56. The first-order valence-corrected chi connectivity index (χ1v) is 13.7. The van der Waals surface area contributed by atoms with Gasteiger partial charge in [-0.25, -0.2) is 9.69 Å². The van der Waals surface area contributed by atoms with E-state index in [4.69, 9.17) is 9.47 Å². The highest BCUT2D eigenvalue weighted by Gasteiger charge is 2.37. The molecule has 7 nitrogen and oxygen atoms in total. The Morgan fingerprint density at radius 2 is 1.46 bits per heavy atom. The second kappa shape index (κ2) is 12.2. The third-order valence-corrected chi connectivity index (χ3v) is 6.89. The van der Waals surface area contributed by atoms with Crippen molar-refractivity contribution in [2.75, 3.05) is 4.90 Å². The zero-order chi connectivity index (χ0) is 28.9. The largest absolute Gasteiger partial charge is 0.489 e. The fraction of sp³-hybridized carbons (Fsp3) is 0.121. The lowest BCUT2D eigenvalue weighted by Gasteiger charge is -2.26. The molecule has 0 aliphatic carbocycles. The van der Waals surface area contributed by atoms with Gasteiger partial charge in [-0.2, -0.15) is 0 Å². The highest BCUT2D eigenvalue weighted by atomic mass is 79.9. The van der Waals surface area contributed by atoms with Crippen LogP contribution in [0.25, 0.3) is 6.08 Å². The minimum atomic E-state index is -0.823. The molecule has 206 valence electrons. The molecule has 0 atom stereocenters. The number of aryl methyl sites for hydroxylation is 2. The number of carbonyl (C=O) groups is 3. The summed E-state index contributed by atoms with van der Waals surface area (Å²) in [6.45, 7) is 4.74. The maximum atomic E-state index is 13.5. The molecule has 1 fully saturated rings. The molecule has 1 saturated heterocycles. The van der Waals surface area contributed by atoms with Gasteiger partial charge in [0.05, 0.1) is 5.69 Å². The van der Waals surface area contributed by atoms with Crippen LogP contribution >= 0.6 is 15.9 Å². The molecule has 8 heteroatoms. The van der Waals surface area contributed by atoms with Gasteiger partial charge in [0.15, 0.2) is 0 Å². The van der Waals surface area contributed by atoms with Crippen molar-refractivity contribution in [3.8, 4) is 11.5 Å². The third-order valence-electron chi connectivity index (χ3n) is 6.39. The molecule has 1 N–H and O–H groups in total.